The van der Waals surface area contributed by atoms with Gasteiger partial charge in [0, 0.05) is 29.2 Å². The Hall–Kier alpha value is -2.93. The summed E-state index contributed by atoms with van der Waals surface area (Å²) in [6.45, 7) is 0. The molecule has 0 saturated carbocycles. The van der Waals surface area contributed by atoms with Gasteiger partial charge >= 0.3 is 0 Å². The Labute approximate surface area is 134 Å². The number of aromatic amines is 1. The minimum Gasteiger partial charge on any atom is -0.398 e. The first-order chi connectivity index (χ1) is 10.9. The Kier molecular flexibility index (Phi) is 3.49. The molecule has 0 aliphatic rings. The number of benzene rings is 1. The van der Waals surface area contributed by atoms with Crippen molar-refractivity contribution in [3.05, 3.63) is 51.2 Å². The van der Waals surface area contributed by atoms with Crippen molar-refractivity contribution in [3.8, 4) is 11.1 Å². The third-order valence-electron chi connectivity index (χ3n) is 3.44. The number of nitrogens with zero attached hydrogens (tertiary/aromatic N) is 1. The zero-order valence-electron chi connectivity index (χ0n) is 11.7. The molecule has 0 unspecified atom stereocenters. The van der Waals surface area contributed by atoms with E-state index in [9.17, 15) is 9.18 Å². The number of nitrogens with two attached hydrogens (primary N) is 2. The number of H-pyrrole nitrogens is 1. The lowest BCUT2D eigenvalue weighted by atomic mass is 9.96. The summed E-state index contributed by atoms with van der Waals surface area (Å²) < 4.78 is 13.8. The van der Waals surface area contributed by atoms with E-state index in [1.807, 2.05) is 0 Å². The number of hydrogen-bond donors (Lipinski definition) is 4. The number of anilines is 2. The van der Waals surface area contributed by atoms with Gasteiger partial charge in [-0.25, -0.2) is 4.39 Å². The zero-order valence-corrected chi connectivity index (χ0v) is 12.4. The van der Waals surface area contributed by atoms with Crippen LogP contribution in [-0.2, 0) is 0 Å². The molecule has 3 aromatic rings. The summed E-state index contributed by atoms with van der Waals surface area (Å²) in [5.41, 5.74) is 12.4. The summed E-state index contributed by atoms with van der Waals surface area (Å²) >= 11 is 5.89. The molecule has 0 bridgehead atoms. The highest BCUT2D eigenvalue weighted by atomic mass is 35.5. The summed E-state index contributed by atoms with van der Waals surface area (Å²) in [6, 6.07) is 3.78. The number of nitrogen functional groups attached to an aromatic ring is 2. The fourth-order valence-corrected chi connectivity index (χ4v) is 2.60. The van der Waals surface area contributed by atoms with Gasteiger partial charge < -0.3 is 21.9 Å². The molecule has 0 aliphatic carbocycles. The Morgan fingerprint density at radius 2 is 2.04 bits per heavy atom. The number of fused-ring (bicyclic) bond motifs is 1. The first-order valence-electron chi connectivity index (χ1n) is 6.49. The lowest BCUT2D eigenvalue weighted by molar-refractivity contribution is 0.629. The van der Waals surface area contributed by atoms with E-state index >= 15 is 0 Å². The molecular formula is C15H11ClFN5O. The van der Waals surface area contributed by atoms with Crippen molar-refractivity contribution in [3.63, 3.8) is 0 Å². The molecular weight excluding hydrogens is 321 g/mol. The second kappa shape index (κ2) is 5.36. The Morgan fingerprint density at radius 1 is 1.30 bits per heavy atom. The standard InChI is InChI=1S/C15H11ClFN5O/c16-6-1-11-14(21-5-6)12(13(20)15(23)22-11)8-2-7(17)3-10(19)9(8)4-18/h1-5,18H,19-20H2,(H,22,23). The average molecular weight is 332 g/mol. The topological polar surface area (TPSA) is 122 Å². The van der Waals surface area contributed by atoms with Crippen LogP contribution >= 0.6 is 11.6 Å². The molecule has 2 heterocycles. The highest BCUT2D eigenvalue weighted by Gasteiger charge is 2.18. The van der Waals surface area contributed by atoms with Crippen LogP contribution in [0.4, 0.5) is 15.8 Å². The maximum Gasteiger partial charge on any atom is 0.272 e. The number of halogens is 2. The van der Waals surface area contributed by atoms with Gasteiger partial charge in [0.15, 0.2) is 0 Å². The minimum absolute atomic E-state index is 0.0665. The Balaban J connectivity index is 2.53. The van der Waals surface area contributed by atoms with E-state index in [0.29, 0.717) is 16.1 Å². The number of aromatic nitrogens is 2. The molecule has 8 heteroatoms. The van der Waals surface area contributed by atoms with Crippen LogP contribution in [0.5, 0.6) is 0 Å². The fraction of sp³-hybridized carbons (Fsp3) is 0. The maximum atomic E-state index is 13.8. The van der Waals surface area contributed by atoms with Gasteiger partial charge in [0.25, 0.3) is 5.56 Å². The molecule has 6 N–H and O–H groups in total. The lowest BCUT2D eigenvalue weighted by Gasteiger charge is -2.13. The van der Waals surface area contributed by atoms with E-state index in [2.05, 4.69) is 9.97 Å². The van der Waals surface area contributed by atoms with Crippen molar-refractivity contribution < 1.29 is 4.39 Å². The van der Waals surface area contributed by atoms with E-state index in [1.54, 1.807) is 0 Å². The molecule has 1 aromatic carbocycles. The summed E-state index contributed by atoms with van der Waals surface area (Å²) in [7, 11) is 0. The largest absolute Gasteiger partial charge is 0.398 e. The number of nitrogens with one attached hydrogen (secondary N) is 2. The summed E-state index contributed by atoms with van der Waals surface area (Å²) in [5, 5.41) is 7.84. The summed E-state index contributed by atoms with van der Waals surface area (Å²) in [4.78, 5) is 18.8. The van der Waals surface area contributed by atoms with E-state index in [4.69, 9.17) is 28.5 Å². The van der Waals surface area contributed by atoms with Crippen LogP contribution < -0.4 is 17.0 Å². The van der Waals surface area contributed by atoms with Gasteiger partial charge in [-0.3, -0.25) is 9.78 Å². The molecule has 6 nitrogen and oxygen atoms in total. The molecule has 0 fully saturated rings. The zero-order chi connectivity index (χ0) is 16.7. The van der Waals surface area contributed by atoms with Gasteiger partial charge in [0.1, 0.15) is 11.5 Å². The molecule has 0 radical (unpaired) electrons. The predicted molar refractivity (Wildman–Crippen MR) is 89.5 cm³/mol. The van der Waals surface area contributed by atoms with Crippen molar-refractivity contribution in [2.75, 3.05) is 11.5 Å². The minimum atomic E-state index is -0.607. The Bertz CT molecular complexity index is 1010. The number of hydrogen-bond acceptors (Lipinski definition) is 5. The van der Waals surface area contributed by atoms with Gasteiger partial charge in [-0.1, -0.05) is 11.6 Å². The van der Waals surface area contributed by atoms with E-state index in [0.717, 1.165) is 18.3 Å². The molecule has 0 saturated heterocycles. The SMILES string of the molecule is N=Cc1c(N)cc(F)cc1-c1c(N)c(=O)[nH]c2cc(Cl)cnc12. The fourth-order valence-electron chi connectivity index (χ4n) is 2.44. The third kappa shape index (κ3) is 2.40. The van der Waals surface area contributed by atoms with Crippen molar-refractivity contribution in [1.29, 1.82) is 5.41 Å². The van der Waals surface area contributed by atoms with E-state index in [1.165, 1.54) is 12.3 Å². The van der Waals surface area contributed by atoms with Crippen molar-refractivity contribution in [2.45, 2.75) is 0 Å². The Morgan fingerprint density at radius 3 is 2.74 bits per heavy atom. The van der Waals surface area contributed by atoms with Gasteiger partial charge in [-0.2, -0.15) is 0 Å². The molecule has 3 rings (SSSR count). The molecule has 0 aliphatic heterocycles. The third-order valence-corrected chi connectivity index (χ3v) is 3.65. The second-order valence-corrected chi connectivity index (χ2v) is 5.33. The molecule has 0 atom stereocenters. The van der Waals surface area contributed by atoms with Crippen LogP contribution in [0.1, 0.15) is 5.56 Å². The number of pyridine rings is 2. The maximum absolute atomic E-state index is 13.8. The van der Waals surface area contributed by atoms with E-state index < -0.39 is 11.4 Å². The smallest absolute Gasteiger partial charge is 0.272 e. The van der Waals surface area contributed by atoms with Gasteiger partial charge in [0.2, 0.25) is 0 Å². The predicted octanol–water partition coefficient (Wildman–Crippen LogP) is 2.54. The van der Waals surface area contributed by atoms with Crippen LogP contribution in [-0.4, -0.2) is 16.2 Å². The summed E-state index contributed by atoms with van der Waals surface area (Å²) in [6.07, 6.45) is 2.37. The van der Waals surface area contributed by atoms with Crippen LogP contribution in [0.15, 0.2) is 29.2 Å². The van der Waals surface area contributed by atoms with Crippen molar-refractivity contribution >= 4 is 40.2 Å². The molecule has 0 spiro atoms. The second-order valence-electron chi connectivity index (χ2n) is 4.89. The van der Waals surface area contributed by atoms with Crippen LogP contribution in [0.3, 0.4) is 0 Å². The van der Waals surface area contributed by atoms with Gasteiger partial charge in [-0.05, 0) is 23.8 Å². The molecule has 0 amide bonds. The quantitative estimate of drug-likeness (QED) is 0.425. The monoisotopic (exact) mass is 331 g/mol. The molecule has 116 valence electrons. The van der Waals surface area contributed by atoms with E-state index in [-0.39, 0.29) is 28.1 Å². The van der Waals surface area contributed by atoms with Gasteiger partial charge in [-0.15, -0.1) is 0 Å². The van der Waals surface area contributed by atoms with Crippen molar-refractivity contribution in [1.82, 2.24) is 9.97 Å². The van der Waals surface area contributed by atoms with Crippen LogP contribution in [0.2, 0.25) is 5.02 Å². The normalized spacial score (nSPS) is 10.9. The highest BCUT2D eigenvalue weighted by Crippen LogP contribution is 2.35. The molecule has 2 aromatic heterocycles. The molecule has 23 heavy (non-hydrogen) atoms. The average Bonchev–Trinajstić information content (AvgIpc) is 2.48. The van der Waals surface area contributed by atoms with Crippen LogP contribution in [0.25, 0.3) is 22.2 Å². The summed E-state index contributed by atoms with van der Waals surface area (Å²) in [5.74, 6) is -0.607. The van der Waals surface area contributed by atoms with Gasteiger partial charge in [0.05, 0.1) is 16.1 Å². The van der Waals surface area contributed by atoms with Crippen molar-refractivity contribution in [2.24, 2.45) is 0 Å². The highest BCUT2D eigenvalue weighted by molar-refractivity contribution is 6.31. The first-order valence-corrected chi connectivity index (χ1v) is 6.87. The number of rotatable bonds is 2. The lowest BCUT2D eigenvalue weighted by Crippen LogP contribution is -2.14. The van der Waals surface area contributed by atoms with Crippen LogP contribution in [0, 0.1) is 11.2 Å². The first kappa shape index (κ1) is 15.0.